The maximum atomic E-state index is 10.2. The molecule has 1 aromatic heterocycles. The highest BCUT2D eigenvalue weighted by atomic mass is 32.1. The van der Waals surface area contributed by atoms with Gasteiger partial charge >= 0.3 is 0 Å². The van der Waals surface area contributed by atoms with Crippen LogP contribution in [0.15, 0.2) is 16.8 Å². The van der Waals surface area contributed by atoms with E-state index in [1.807, 2.05) is 6.92 Å². The lowest BCUT2D eigenvalue weighted by Gasteiger charge is -2.22. The smallest absolute Gasteiger partial charge is 0.0690 e. The van der Waals surface area contributed by atoms with Crippen LogP contribution in [0.2, 0.25) is 0 Å². The molecule has 1 saturated carbocycles. The normalized spacial score (nSPS) is 31.3. The summed E-state index contributed by atoms with van der Waals surface area (Å²) in [6, 6.07) is 2.10. The maximum Gasteiger partial charge on any atom is 0.0690 e. The van der Waals surface area contributed by atoms with Crippen LogP contribution in [0.5, 0.6) is 0 Å². The van der Waals surface area contributed by atoms with Crippen LogP contribution in [0, 0.1) is 11.8 Å². The number of hydrogen-bond donors (Lipinski definition) is 1. The van der Waals surface area contributed by atoms with E-state index < -0.39 is 5.60 Å². The third-order valence-corrected chi connectivity index (χ3v) is 3.78. The lowest BCUT2D eigenvalue weighted by Crippen LogP contribution is -2.30. The molecule has 1 aromatic rings. The van der Waals surface area contributed by atoms with Gasteiger partial charge < -0.3 is 5.11 Å². The van der Waals surface area contributed by atoms with Gasteiger partial charge in [0.25, 0.3) is 0 Å². The predicted octanol–water partition coefficient (Wildman–Crippen LogP) is 2.70. The summed E-state index contributed by atoms with van der Waals surface area (Å²) in [5.74, 6) is 1.24. The summed E-state index contributed by atoms with van der Waals surface area (Å²) in [5, 5.41) is 14.4. The van der Waals surface area contributed by atoms with Crippen molar-refractivity contribution in [1.82, 2.24) is 0 Å². The van der Waals surface area contributed by atoms with Crippen LogP contribution in [-0.4, -0.2) is 10.7 Å². The largest absolute Gasteiger partial charge is 0.390 e. The summed E-state index contributed by atoms with van der Waals surface area (Å²) in [7, 11) is 0. The molecule has 2 rings (SSSR count). The van der Waals surface area contributed by atoms with Crippen LogP contribution >= 0.6 is 11.3 Å². The fourth-order valence-corrected chi connectivity index (χ4v) is 2.80. The van der Waals surface area contributed by atoms with E-state index in [9.17, 15) is 5.11 Å². The fourth-order valence-electron chi connectivity index (χ4n) is 2.13. The molecule has 1 heterocycles. The molecule has 0 radical (unpaired) electrons. The number of thiophene rings is 1. The summed E-state index contributed by atoms with van der Waals surface area (Å²) in [6.45, 7) is 4.19. The summed E-state index contributed by atoms with van der Waals surface area (Å²) in [4.78, 5) is 0. The molecule has 0 aliphatic heterocycles. The van der Waals surface area contributed by atoms with Gasteiger partial charge in [0.1, 0.15) is 0 Å². The Kier molecular flexibility index (Phi) is 2.20. The molecule has 13 heavy (non-hydrogen) atoms. The van der Waals surface area contributed by atoms with E-state index in [0.29, 0.717) is 11.8 Å². The fraction of sp³-hybridized carbons (Fsp3) is 0.636. The molecule has 0 spiro atoms. The lowest BCUT2D eigenvalue weighted by atomic mass is 9.92. The van der Waals surface area contributed by atoms with Gasteiger partial charge in [-0.05, 0) is 47.6 Å². The van der Waals surface area contributed by atoms with Crippen LogP contribution < -0.4 is 0 Å². The monoisotopic (exact) mass is 196 g/mol. The Labute approximate surface area is 83.4 Å². The van der Waals surface area contributed by atoms with Crippen molar-refractivity contribution in [3.63, 3.8) is 0 Å². The summed E-state index contributed by atoms with van der Waals surface area (Å²) in [6.07, 6.45) is 2.00. The zero-order chi connectivity index (χ0) is 9.47. The molecule has 2 heteroatoms. The second kappa shape index (κ2) is 3.10. The average Bonchev–Trinajstić information content (AvgIpc) is 2.60. The summed E-state index contributed by atoms with van der Waals surface area (Å²) in [5.41, 5.74) is 0.787. The lowest BCUT2D eigenvalue weighted by molar-refractivity contribution is 0.0327. The molecule has 1 N–H and O–H groups in total. The first-order valence-corrected chi connectivity index (χ1v) is 5.77. The Hall–Kier alpha value is -0.340. The molecule has 1 aliphatic rings. The summed E-state index contributed by atoms with van der Waals surface area (Å²) < 4.78 is 0. The Morgan fingerprint density at radius 3 is 2.85 bits per heavy atom. The van der Waals surface area contributed by atoms with Gasteiger partial charge in [-0.3, -0.25) is 0 Å². The first-order chi connectivity index (χ1) is 6.09. The minimum atomic E-state index is -0.486. The molecular weight excluding hydrogens is 180 g/mol. The molecule has 3 atom stereocenters. The first-order valence-electron chi connectivity index (χ1n) is 4.83. The second-order valence-electron chi connectivity index (χ2n) is 4.49. The van der Waals surface area contributed by atoms with Crippen molar-refractivity contribution in [2.75, 3.05) is 0 Å². The Morgan fingerprint density at radius 1 is 1.69 bits per heavy atom. The van der Waals surface area contributed by atoms with Gasteiger partial charge in [0.15, 0.2) is 0 Å². The van der Waals surface area contributed by atoms with Gasteiger partial charge in [-0.15, -0.1) is 0 Å². The number of hydrogen-bond acceptors (Lipinski definition) is 2. The van der Waals surface area contributed by atoms with Crippen LogP contribution in [0.25, 0.3) is 0 Å². The minimum absolute atomic E-state index is 0.486. The van der Waals surface area contributed by atoms with Crippen molar-refractivity contribution < 1.29 is 5.11 Å². The van der Waals surface area contributed by atoms with Crippen LogP contribution in [0.3, 0.4) is 0 Å². The third-order valence-electron chi connectivity index (χ3n) is 3.05. The van der Waals surface area contributed by atoms with E-state index in [-0.39, 0.29) is 0 Å². The quantitative estimate of drug-likeness (QED) is 0.788. The van der Waals surface area contributed by atoms with E-state index in [4.69, 9.17) is 0 Å². The van der Waals surface area contributed by atoms with Gasteiger partial charge in [-0.25, -0.2) is 0 Å². The zero-order valence-electron chi connectivity index (χ0n) is 8.16. The van der Waals surface area contributed by atoms with E-state index >= 15 is 0 Å². The molecule has 0 aromatic carbocycles. The molecule has 1 fully saturated rings. The Morgan fingerprint density at radius 2 is 2.38 bits per heavy atom. The third kappa shape index (κ3) is 1.94. The van der Waals surface area contributed by atoms with Gasteiger partial charge in [-0.1, -0.05) is 6.92 Å². The number of aliphatic hydroxyl groups is 1. The van der Waals surface area contributed by atoms with Crippen molar-refractivity contribution in [3.8, 4) is 0 Å². The van der Waals surface area contributed by atoms with E-state index in [2.05, 4.69) is 23.8 Å². The molecule has 0 bridgehead atoms. The molecular formula is C11H16OS. The van der Waals surface area contributed by atoms with Gasteiger partial charge in [-0.2, -0.15) is 11.3 Å². The Bertz CT molecular complexity index is 276. The molecule has 3 unspecified atom stereocenters. The first kappa shape index (κ1) is 9.22. The van der Waals surface area contributed by atoms with Crippen LogP contribution in [-0.2, 0) is 6.42 Å². The highest BCUT2D eigenvalue weighted by molar-refractivity contribution is 7.07. The molecule has 72 valence electrons. The van der Waals surface area contributed by atoms with Crippen molar-refractivity contribution in [1.29, 1.82) is 0 Å². The second-order valence-corrected chi connectivity index (χ2v) is 5.27. The molecule has 0 amide bonds. The van der Waals surface area contributed by atoms with E-state index in [0.717, 1.165) is 6.42 Å². The predicted molar refractivity (Wildman–Crippen MR) is 55.9 cm³/mol. The van der Waals surface area contributed by atoms with Crippen molar-refractivity contribution in [2.24, 2.45) is 11.8 Å². The zero-order valence-corrected chi connectivity index (χ0v) is 8.97. The highest BCUT2D eigenvalue weighted by Gasteiger charge is 2.46. The van der Waals surface area contributed by atoms with Crippen LogP contribution in [0.4, 0.5) is 0 Å². The topological polar surface area (TPSA) is 20.2 Å². The maximum absolute atomic E-state index is 10.2. The van der Waals surface area contributed by atoms with Gasteiger partial charge in [0.05, 0.1) is 5.60 Å². The summed E-state index contributed by atoms with van der Waals surface area (Å²) >= 11 is 1.70. The minimum Gasteiger partial charge on any atom is -0.390 e. The van der Waals surface area contributed by atoms with E-state index in [1.54, 1.807) is 11.3 Å². The van der Waals surface area contributed by atoms with Crippen molar-refractivity contribution >= 4 is 11.3 Å². The molecule has 1 aliphatic carbocycles. The standard InChI is InChI=1S/C11H16OS/c1-8-5-10(8)11(2,12)6-9-3-4-13-7-9/h3-4,7-8,10,12H,5-6H2,1-2H3. The van der Waals surface area contributed by atoms with Crippen molar-refractivity contribution in [2.45, 2.75) is 32.3 Å². The van der Waals surface area contributed by atoms with Crippen molar-refractivity contribution in [3.05, 3.63) is 22.4 Å². The average molecular weight is 196 g/mol. The van der Waals surface area contributed by atoms with Crippen LogP contribution in [0.1, 0.15) is 25.8 Å². The molecule has 0 saturated heterocycles. The highest BCUT2D eigenvalue weighted by Crippen LogP contribution is 2.47. The molecule has 1 nitrogen and oxygen atoms in total. The SMILES string of the molecule is CC1CC1C(C)(O)Cc1ccsc1. The van der Waals surface area contributed by atoms with E-state index in [1.165, 1.54) is 12.0 Å². The van der Waals surface area contributed by atoms with Gasteiger partial charge in [0, 0.05) is 6.42 Å². The number of rotatable bonds is 3. The van der Waals surface area contributed by atoms with Gasteiger partial charge in [0.2, 0.25) is 0 Å². The Balaban J connectivity index is 2.00.